The largest absolute Gasteiger partial charge is 0.389 e. The maximum absolute atomic E-state index is 13.9. The minimum Gasteiger partial charge on any atom is -0.389 e. The van der Waals surface area contributed by atoms with Gasteiger partial charge in [-0.15, -0.1) is 5.10 Å². The molecule has 1 heterocycles. The number of rotatable bonds is 3. The van der Waals surface area contributed by atoms with Crippen LogP contribution in [0.25, 0.3) is 0 Å². The maximum atomic E-state index is 13.9. The maximum Gasteiger partial charge on any atom is 0.163 e. The van der Waals surface area contributed by atoms with Crippen molar-refractivity contribution in [2.75, 3.05) is 5.32 Å². The molecule has 0 aliphatic carbocycles. The van der Waals surface area contributed by atoms with Crippen LogP contribution in [0.4, 0.5) is 20.3 Å². The highest BCUT2D eigenvalue weighted by Crippen LogP contribution is 2.25. The van der Waals surface area contributed by atoms with Crippen LogP contribution in [0.3, 0.4) is 0 Å². The van der Waals surface area contributed by atoms with Gasteiger partial charge in [0, 0.05) is 0 Å². The second kappa shape index (κ2) is 5.23. The molecule has 0 amide bonds. The Morgan fingerprint density at radius 3 is 2.74 bits per heavy atom. The molecule has 0 aliphatic rings. The third-order valence-corrected chi connectivity index (χ3v) is 2.73. The Bertz CT molecular complexity index is 646. The topological polar surface area (TPSA) is 63.8 Å². The van der Waals surface area contributed by atoms with E-state index in [1.165, 1.54) is 25.3 Å². The van der Waals surface area contributed by atoms with Gasteiger partial charge in [-0.2, -0.15) is 5.10 Å². The van der Waals surface area contributed by atoms with Gasteiger partial charge in [-0.25, -0.2) is 8.78 Å². The van der Waals surface area contributed by atoms with Crippen molar-refractivity contribution in [3.05, 3.63) is 47.2 Å². The van der Waals surface area contributed by atoms with Gasteiger partial charge in [-0.1, -0.05) is 18.3 Å². The van der Waals surface area contributed by atoms with Gasteiger partial charge < -0.3 is 11.1 Å². The lowest BCUT2D eigenvalue weighted by molar-refractivity contribution is 0.584. The standard InChI is InChI=1S/C12H10F2N4S/c1-6-2-3-8(13)10(9(6)14)17-12-7(11(15)19)4-5-16-18-12/h2-5H,1H3,(H2,15,19)(H,17,18). The predicted molar refractivity (Wildman–Crippen MR) is 72.3 cm³/mol. The second-order valence-electron chi connectivity index (χ2n) is 3.84. The van der Waals surface area contributed by atoms with Gasteiger partial charge in [0.05, 0.1) is 11.8 Å². The Morgan fingerprint density at radius 2 is 2.05 bits per heavy atom. The number of nitrogens with two attached hydrogens (primary N) is 1. The number of aromatic nitrogens is 2. The lowest BCUT2D eigenvalue weighted by Crippen LogP contribution is -2.14. The Hall–Kier alpha value is -2.15. The first-order valence-electron chi connectivity index (χ1n) is 5.34. The van der Waals surface area contributed by atoms with Gasteiger partial charge in [0.25, 0.3) is 0 Å². The van der Waals surface area contributed by atoms with E-state index in [2.05, 4.69) is 15.5 Å². The summed E-state index contributed by atoms with van der Waals surface area (Å²) in [5.74, 6) is -1.32. The molecule has 1 aromatic carbocycles. The molecule has 3 N–H and O–H groups in total. The number of thiocarbonyl (C=S) groups is 1. The first-order valence-corrected chi connectivity index (χ1v) is 5.74. The number of hydrogen-bond donors (Lipinski definition) is 2. The number of hydrogen-bond acceptors (Lipinski definition) is 4. The lowest BCUT2D eigenvalue weighted by atomic mass is 10.2. The van der Waals surface area contributed by atoms with Crippen molar-refractivity contribution in [1.29, 1.82) is 0 Å². The molecule has 98 valence electrons. The summed E-state index contributed by atoms with van der Waals surface area (Å²) in [6, 6.07) is 4.03. The molecule has 1 aromatic heterocycles. The van der Waals surface area contributed by atoms with Gasteiger partial charge in [0.15, 0.2) is 11.6 Å². The molecule has 0 unspecified atom stereocenters. The molecule has 7 heteroatoms. The summed E-state index contributed by atoms with van der Waals surface area (Å²) in [4.78, 5) is 0.0610. The normalized spacial score (nSPS) is 10.3. The van der Waals surface area contributed by atoms with Gasteiger partial charge >= 0.3 is 0 Å². The fourth-order valence-electron chi connectivity index (χ4n) is 1.51. The fourth-order valence-corrected chi connectivity index (χ4v) is 1.68. The smallest absolute Gasteiger partial charge is 0.163 e. The zero-order valence-electron chi connectivity index (χ0n) is 9.95. The van der Waals surface area contributed by atoms with Crippen LogP contribution in [-0.2, 0) is 0 Å². The zero-order chi connectivity index (χ0) is 14.0. The second-order valence-corrected chi connectivity index (χ2v) is 4.28. The molecule has 2 aromatic rings. The van der Waals surface area contributed by atoms with E-state index in [9.17, 15) is 8.78 Å². The number of anilines is 2. The highest BCUT2D eigenvalue weighted by Gasteiger charge is 2.15. The molecule has 0 aliphatic heterocycles. The summed E-state index contributed by atoms with van der Waals surface area (Å²) < 4.78 is 27.5. The number of aryl methyl sites for hydroxylation is 1. The lowest BCUT2D eigenvalue weighted by Gasteiger charge is -2.11. The number of nitrogens with zero attached hydrogens (tertiary/aromatic N) is 2. The molecule has 0 bridgehead atoms. The summed E-state index contributed by atoms with van der Waals surface area (Å²) in [6.45, 7) is 1.53. The van der Waals surface area contributed by atoms with E-state index in [1.807, 2.05) is 0 Å². The molecule has 0 radical (unpaired) electrons. The van der Waals surface area contributed by atoms with Crippen LogP contribution >= 0.6 is 12.2 Å². The molecule has 19 heavy (non-hydrogen) atoms. The summed E-state index contributed by atoms with van der Waals surface area (Å²) in [5.41, 5.74) is 5.88. The monoisotopic (exact) mass is 280 g/mol. The van der Waals surface area contributed by atoms with E-state index in [-0.39, 0.29) is 16.5 Å². The number of halogens is 2. The first kappa shape index (κ1) is 13.3. The zero-order valence-corrected chi connectivity index (χ0v) is 10.8. The quantitative estimate of drug-likeness (QED) is 0.845. The van der Waals surface area contributed by atoms with Crippen LogP contribution in [-0.4, -0.2) is 15.2 Å². The molecule has 2 rings (SSSR count). The Balaban J connectivity index is 2.48. The summed E-state index contributed by atoms with van der Waals surface area (Å²) in [5, 5.41) is 9.92. The Kier molecular flexibility index (Phi) is 3.66. The van der Waals surface area contributed by atoms with Gasteiger partial charge in [-0.05, 0) is 24.6 Å². The first-order chi connectivity index (χ1) is 9.00. The minimum atomic E-state index is -0.734. The molecular formula is C12H10F2N4S. The van der Waals surface area contributed by atoms with Gasteiger partial charge in [0.2, 0.25) is 0 Å². The number of benzene rings is 1. The van der Waals surface area contributed by atoms with Gasteiger partial charge in [0.1, 0.15) is 16.5 Å². The van der Waals surface area contributed by atoms with Crippen LogP contribution in [0, 0.1) is 18.6 Å². The average Bonchev–Trinajstić information content (AvgIpc) is 2.39. The van der Waals surface area contributed by atoms with Crippen molar-refractivity contribution in [1.82, 2.24) is 10.2 Å². The fraction of sp³-hybridized carbons (Fsp3) is 0.0833. The molecular weight excluding hydrogens is 270 g/mol. The van der Waals surface area contributed by atoms with Crippen LogP contribution in [0.15, 0.2) is 24.4 Å². The highest BCUT2D eigenvalue weighted by molar-refractivity contribution is 7.80. The van der Waals surface area contributed by atoms with Crippen LogP contribution in [0.5, 0.6) is 0 Å². The van der Waals surface area contributed by atoms with E-state index < -0.39 is 11.6 Å². The third-order valence-electron chi connectivity index (χ3n) is 2.51. The minimum absolute atomic E-state index is 0.0610. The summed E-state index contributed by atoms with van der Waals surface area (Å²) in [7, 11) is 0. The molecule has 0 saturated heterocycles. The Morgan fingerprint density at radius 1 is 1.32 bits per heavy atom. The Labute approximate surface area is 113 Å². The molecule has 0 fully saturated rings. The van der Waals surface area contributed by atoms with E-state index in [4.69, 9.17) is 18.0 Å². The van der Waals surface area contributed by atoms with Gasteiger partial charge in [-0.3, -0.25) is 0 Å². The van der Waals surface area contributed by atoms with E-state index in [1.54, 1.807) is 0 Å². The van der Waals surface area contributed by atoms with Crippen molar-refractivity contribution in [3.8, 4) is 0 Å². The van der Waals surface area contributed by atoms with E-state index in [0.717, 1.165) is 6.07 Å². The van der Waals surface area contributed by atoms with Crippen LogP contribution in [0.2, 0.25) is 0 Å². The van der Waals surface area contributed by atoms with Crippen molar-refractivity contribution in [2.24, 2.45) is 5.73 Å². The molecule has 0 atom stereocenters. The third kappa shape index (κ3) is 2.65. The summed E-state index contributed by atoms with van der Waals surface area (Å²) >= 11 is 4.84. The van der Waals surface area contributed by atoms with Crippen molar-refractivity contribution >= 4 is 28.7 Å². The average molecular weight is 280 g/mol. The molecule has 0 spiro atoms. The van der Waals surface area contributed by atoms with E-state index >= 15 is 0 Å². The SMILES string of the molecule is Cc1ccc(F)c(Nc2nnccc2C(N)=S)c1F. The molecule has 4 nitrogen and oxygen atoms in total. The van der Waals surface area contributed by atoms with E-state index in [0.29, 0.717) is 11.1 Å². The van der Waals surface area contributed by atoms with Crippen molar-refractivity contribution < 1.29 is 8.78 Å². The highest BCUT2D eigenvalue weighted by atomic mass is 32.1. The molecule has 0 saturated carbocycles. The van der Waals surface area contributed by atoms with Crippen LogP contribution < -0.4 is 11.1 Å². The predicted octanol–water partition coefficient (Wildman–Crippen LogP) is 2.44. The van der Waals surface area contributed by atoms with Crippen molar-refractivity contribution in [2.45, 2.75) is 6.92 Å². The number of nitrogens with one attached hydrogen (secondary N) is 1. The van der Waals surface area contributed by atoms with Crippen molar-refractivity contribution in [3.63, 3.8) is 0 Å². The van der Waals surface area contributed by atoms with Crippen LogP contribution in [0.1, 0.15) is 11.1 Å². The summed E-state index contributed by atoms with van der Waals surface area (Å²) in [6.07, 6.45) is 1.39.